The van der Waals surface area contributed by atoms with Crippen molar-refractivity contribution in [2.24, 2.45) is 0 Å². The van der Waals surface area contributed by atoms with Crippen LogP contribution in [0.1, 0.15) is 0 Å². The first-order valence-electron chi connectivity index (χ1n) is 8.49. The fourth-order valence-electron chi connectivity index (χ4n) is 2.62. The van der Waals surface area contributed by atoms with Crippen molar-refractivity contribution < 1.29 is 13.9 Å². The van der Waals surface area contributed by atoms with Crippen LogP contribution in [0.4, 0.5) is 20.6 Å². The zero-order valence-electron chi connectivity index (χ0n) is 14.6. The van der Waals surface area contributed by atoms with E-state index in [1.807, 2.05) is 18.2 Å². The Morgan fingerprint density at radius 2 is 1.57 bits per heavy atom. The van der Waals surface area contributed by atoms with Crippen molar-refractivity contribution in [1.29, 1.82) is 0 Å². The van der Waals surface area contributed by atoms with Crippen LogP contribution in [0.15, 0.2) is 79.1 Å². The maximum absolute atomic E-state index is 13.3. The summed E-state index contributed by atoms with van der Waals surface area (Å²) in [4.78, 5) is 20.2. The van der Waals surface area contributed by atoms with Gasteiger partial charge in [0.15, 0.2) is 0 Å². The van der Waals surface area contributed by atoms with Crippen LogP contribution in [0.5, 0.6) is 11.6 Å². The zero-order valence-corrected chi connectivity index (χ0v) is 14.6. The first-order chi connectivity index (χ1) is 13.7. The molecule has 0 saturated heterocycles. The van der Waals surface area contributed by atoms with Gasteiger partial charge in [0.2, 0.25) is 5.88 Å². The Morgan fingerprint density at radius 3 is 2.32 bits per heavy atom. The molecule has 2 amide bonds. The van der Waals surface area contributed by atoms with Gasteiger partial charge in [-0.3, -0.25) is 0 Å². The molecule has 3 aromatic carbocycles. The van der Waals surface area contributed by atoms with E-state index in [1.54, 1.807) is 42.5 Å². The number of nitrogens with one attached hydrogen (secondary N) is 2. The van der Waals surface area contributed by atoms with E-state index in [1.165, 1.54) is 18.5 Å². The van der Waals surface area contributed by atoms with E-state index in [0.717, 1.165) is 0 Å². The zero-order chi connectivity index (χ0) is 19.3. The van der Waals surface area contributed by atoms with Crippen LogP contribution in [0.25, 0.3) is 10.9 Å². The number of ether oxygens (including phenoxy) is 1. The van der Waals surface area contributed by atoms with Gasteiger partial charge in [-0.25, -0.2) is 19.2 Å². The maximum Gasteiger partial charge on any atom is 0.323 e. The number of aromatic nitrogens is 2. The Bertz CT molecular complexity index is 1120. The molecule has 0 aliphatic carbocycles. The molecule has 138 valence electrons. The van der Waals surface area contributed by atoms with Gasteiger partial charge in [0, 0.05) is 17.4 Å². The normalized spacial score (nSPS) is 10.5. The predicted molar refractivity (Wildman–Crippen MR) is 105 cm³/mol. The third-order valence-electron chi connectivity index (χ3n) is 3.92. The summed E-state index contributed by atoms with van der Waals surface area (Å²) in [6.45, 7) is 0. The molecule has 0 radical (unpaired) electrons. The molecule has 4 aromatic rings. The highest BCUT2D eigenvalue weighted by atomic mass is 19.1. The van der Waals surface area contributed by atoms with Gasteiger partial charge in [0.05, 0.1) is 10.9 Å². The van der Waals surface area contributed by atoms with Gasteiger partial charge in [0.25, 0.3) is 0 Å². The molecule has 7 heteroatoms. The quantitative estimate of drug-likeness (QED) is 0.514. The van der Waals surface area contributed by atoms with Crippen LogP contribution in [0, 0.1) is 5.82 Å². The average Bonchev–Trinajstić information content (AvgIpc) is 2.70. The fraction of sp³-hybridized carbons (Fsp3) is 0. The molecule has 1 aromatic heterocycles. The van der Waals surface area contributed by atoms with Crippen molar-refractivity contribution in [3.63, 3.8) is 0 Å². The number of carbonyl (C=O) groups is 1. The molecule has 4 rings (SSSR count). The molecule has 0 unspecified atom stereocenters. The van der Waals surface area contributed by atoms with E-state index in [9.17, 15) is 9.18 Å². The van der Waals surface area contributed by atoms with Gasteiger partial charge >= 0.3 is 6.03 Å². The SMILES string of the molecule is O=C(Nc1ccccc1)Nc1ccc(Oc2ncnc3cc(F)ccc23)cc1. The molecule has 0 saturated carbocycles. The highest BCUT2D eigenvalue weighted by molar-refractivity contribution is 5.99. The van der Waals surface area contributed by atoms with E-state index in [4.69, 9.17) is 4.74 Å². The molecule has 0 spiro atoms. The third kappa shape index (κ3) is 4.04. The van der Waals surface area contributed by atoms with E-state index < -0.39 is 0 Å². The minimum atomic E-state index is -0.374. The summed E-state index contributed by atoms with van der Waals surface area (Å²) in [5.41, 5.74) is 1.77. The van der Waals surface area contributed by atoms with Gasteiger partial charge in [-0.1, -0.05) is 18.2 Å². The Labute approximate surface area is 160 Å². The van der Waals surface area contributed by atoms with Gasteiger partial charge in [-0.05, 0) is 48.5 Å². The maximum atomic E-state index is 13.3. The van der Waals surface area contributed by atoms with Gasteiger partial charge in [-0.2, -0.15) is 0 Å². The number of fused-ring (bicyclic) bond motifs is 1. The van der Waals surface area contributed by atoms with Crippen LogP contribution in [-0.2, 0) is 0 Å². The summed E-state index contributed by atoms with van der Waals surface area (Å²) in [6.07, 6.45) is 1.32. The number of nitrogens with zero attached hydrogens (tertiary/aromatic N) is 2. The second kappa shape index (κ2) is 7.71. The second-order valence-electron chi connectivity index (χ2n) is 5.91. The minimum absolute atomic E-state index is 0.326. The lowest BCUT2D eigenvalue weighted by atomic mass is 10.2. The predicted octanol–water partition coefficient (Wildman–Crippen LogP) is 5.21. The van der Waals surface area contributed by atoms with Gasteiger partial charge in [0.1, 0.15) is 17.9 Å². The number of hydrogen-bond donors (Lipinski definition) is 2. The number of urea groups is 1. The molecule has 0 aliphatic rings. The highest BCUT2D eigenvalue weighted by Gasteiger charge is 2.08. The smallest absolute Gasteiger partial charge is 0.323 e. The summed E-state index contributed by atoms with van der Waals surface area (Å²) in [5.74, 6) is 0.479. The number of para-hydroxylation sites is 1. The molecule has 2 N–H and O–H groups in total. The van der Waals surface area contributed by atoms with Crippen LogP contribution in [0.2, 0.25) is 0 Å². The monoisotopic (exact) mass is 374 g/mol. The van der Waals surface area contributed by atoms with Crippen molar-refractivity contribution >= 4 is 28.3 Å². The molecule has 0 fully saturated rings. The lowest BCUT2D eigenvalue weighted by Gasteiger charge is -2.10. The Hall–Kier alpha value is -4.00. The van der Waals surface area contributed by atoms with Crippen LogP contribution in [0.3, 0.4) is 0 Å². The molecule has 0 bridgehead atoms. The Morgan fingerprint density at radius 1 is 0.857 bits per heavy atom. The summed E-state index contributed by atoms with van der Waals surface area (Å²) in [6, 6.07) is 19.9. The van der Waals surface area contributed by atoms with Crippen molar-refractivity contribution in [1.82, 2.24) is 9.97 Å². The third-order valence-corrected chi connectivity index (χ3v) is 3.92. The van der Waals surface area contributed by atoms with E-state index in [0.29, 0.717) is 33.9 Å². The van der Waals surface area contributed by atoms with Crippen LogP contribution in [-0.4, -0.2) is 16.0 Å². The highest BCUT2D eigenvalue weighted by Crippen LogP contribution is 2.27. The lowest BCUT2D eigenvalue weighted by molar-refractivity contribution is 0.262. The molecular weight excluding hydrogens is 359 g/mol. The van der Waals surface area contributed by atoms with Gasteiger partial charge in [-0.15, -0.1) is 0 Å². The Kier molecular flexibility index (Phi) is 4.79. The lowest BCUT2D eigenvalue weighted by Crippen LogP contribution is -2.19. The largest absolute Gasteiger partial charge is 0.438 e. The van der Waals surface area contributed by atoms with E-state index in [2.05, 4.69) is 20.6 Å². The van der Waals surface area contributed by atoms with Crippen molar-refractivity contribution in [3.8, 4) is 11.6 Å². The number of benzene rings is 3. The standard InChI is InChI=1S/C21H15FN4O2/c22-14-6-11-18-19(12-14)23-13-24-20(18)28-17-9-7-16(8-10-17)26-21(27)25-15-4-2-1-3-5-15/h1-13H,(H2,25,26,27). The summed E-state index contributed by atoms with van der Waals surface area (Å²) >= 11 is 0. The molecule has 1 heterocycles. The number of amides is 2. The van der Waals surface area contributed by atoms with Gasteiger partial charge < -0.3 is 15.4 Å². The molecule has 28 heavy (non-hydrogen) atoms. The first-order valence-corrected chi connectivity index (χ1v) is 8.49. The van der Waals surface area contributed by atoms with Crippen LogP contribution >= 0.6 is 0 Å². The Balaban J connectivity index is 1.44. The molecular formula is C21H15FN4O2. The minimum Gasteiger partial charge on any atom is -0.438 e. The van der Waals surface area contributed by atoms with Crippen LogP contribution < -0.4 is 15.4 Å². The summed E-state index contributed by atoms with van der Waals surface area (Å²) < 4.78 is 19.1. The number of halogens is 1. The first kappa shape index (κ1) is 17.4. The summed E-state index contributed by atoms with van der Waals surface area (Å²) in [5, 5.41) is 6.09. The number of hydrogen-bond acceptors (Lipinski definition) is 4. The number of carbonyl (C=O) groups excluding carboxylic acids is 1. The van der Waals surface area contributed by atoms with Crippen molar-refractivity contribution in [2.75, 3.05) is 10.6 Å². The van der Waals surface area contributed by atoms with E-state index >= 15 is 0 Å². The number of rotatable bonds is 4. The molecule has 0 atom stereocenters. The molecule has 0 aliphatic heterocycles. The van der Waals surface area contributed by atoms with E-state index in [-0.39, 0.29) is 11.8 Å². The average molecular weight is 374 g/mol. The fourth-order valence-corrected chi connectivity index (χ4v) is 2.62. The van der Waals surface area contributed by atoms with Crippen molar-refractivity contribution in [2.45, 2.75) is 0 Å². The van der Waals surface area contributed by atoms with Crippen molar-refractivity contribution in [3.05, 3.63) is 84.9 Å². The number of anilines is 2. The topological polar surface area (TPSA) is 76.1 Å². The second-order valence-corrected chi connectivity index (χ2v) is 5.91. The molecule has 6 nitrogen and oxygen atoms in total. The summed E-state index contributed by atoms with van der Waals surface area (Å²) in [7, 11) is 0.